The van der Waals surface area contributed by atoms with Gasteiger partial charge in [-0.25, -0.2) is 0 Å². The fourth-order valence-corrected chi connectivity index (χ4v) is 2.88. The molecule has 2 aromatic carbocycles. The fraction of sp³-hybridized carbons (Fsp3) is 0.273. The highest BCUT2D eigenvalue weighted by atomic mass is 16.5. The van der Waals surface area contributed by atoms with Crippen molar-refractivity contribution in [2.75, 3.05) is 26.3 Å². The first-order valence-corrected chi connectivity index (χ1v) is 8.81. The van der Waals surface area contributed by atoms with Crippen LogP contribution in [0, 0.1) is 13.8 Å². The highest BCUT2D eigenvalue weighted by molar-refractivity contribution is 6.14. The number of ether oxygens (including phenoxy) is 1. The molecule has 0 spiro atoms. The highest BCUT2D eigenvalue weighted by Crippen LogP contribution is 2.17. The number of benzene rings is 2. The lowest BCUT2D eigenvalue weighted by Crippen LogP contribution is -2.38. The molecule has 0 radical (unpaired) electrons. The zero-order valence-electron chi connectivity index (χ0n) is 15.2. The number of ketones is 2. The second-order valence-corrected chi connectivity index (χ2v) is 6.55. The van der Waals surface area contributed by atoms with Crippen LogP contribution in [0.15, 0.2) is 60.3 Å². The molecule has 1 fully saturated rings. The summed E-state index contributed by atoms with van der Waals surface area (Å²) in [5.74, 6) is -0.292. The summed E-state index contributed by atoms with van der Waals surface area (Å²) in [6.45, 7) is 6.27. The molecule has 2 aromatic rings. The van der Waals surface area contributed by atoms with Crippen LogP contribution in [-0.2, 0) is 4.74 Å². The van der Waals surface area contributed by atoms with E-state index in [4.69, 9.17) is 4.74 Å². The molecule has 0 bridgehead atoms. The number of hydrogen-bond donors (Lipinski definition) is 0. The Morgan fingerprint density at radius 2 is 1.35 bits per heavy atom. The van der Waals surface area contributed by atoms with Crippen LogP contribution >= 0.6 is 0 Å². The van der Waals surface area contributed by atoms with Gasteiger partial charge in [-0.1, -0.05) is 59.7 Å². The molecule has 0 N–H and O–H groups in total. The first-order valence-electron chi connectivity index (χ1n) is 8.81. The van der Waals surface area contributed by atoms with E-state index in [1.54, 1.807) is 12.1 Å². The van der Waals surface area contributed by atoms with Gasteiger partial charge >= 0.3 is 0 Å². The number of carbonyl (C=O) groups excluding carboxylic acids is 2. The average molecular weight is 349 g/mol. The molecule has 134 valence electrons. The largest absolute Gasteiger partial charge is 0.378 e. The van der Waals surface area contributed by atoms with Crippen molar-refractivity contribution in [3.63, 3.8) is 0 Å². The zero-order chi connectivity index (χ0) is 18.5. The van der Waals surface area contributed by atoms with Gasteiger partial charge < -0.3 is 9.64 Å². The van der Waals surface area contributed by atoms with E-state index in [0.29, 0.717) is 43.1 Å². The van der Waals surface area contributed by atoms with E-state index in [9.17, 15) is 9.59 Å². The minimum absolute atomic E-state index is 0.132. The molecular weight excluding hydrogens is 326 g/mol. The van der Waals surface area contributed by atoms with Crippen LogP contribution < -0.4 is 0 Å². The van der Waals surface area contributed by atoms with Crippen molar-refractivity contribution in [2.24, 2.45) is 0 Å². The molecule has 4 nitrogen and oxygen atoms in total. The Hall–Kier alpha value is -2.72. The molecule has 0 aliphatic carbocycles. The molecule has 1 saturated heterocycles. The number of aryl methyl sites for hydroxylation is 2. The Morgan fingerprint density at radius 1 is 0.846 bits per heavy atom. The lowest BCUT2D eigenvalue weighted by Gasteiger charge is -2.30. The molecule has 0 unspecified atom stereocenters. The topological polar surface area (TPSA) is 46.6 Å². The van der Waals surface area contributed by atoms with Gasteiger partial charge in [-0.05, 0) is 13.8 Å². The predicted octanol–water partition coefficient (Wildman–Crippen LogP) is 3.59. The fourth-order valence-electron chi connectivity index (χ4n) is 2.88. The van der Waals surface area contributed by atoms with Gasteiger partial charge in [-0.2, -0.15) is 0 Å². The summed E-state index contributed by atoms with van der Waals surface area (Å²) in [5, 5.41) is 0. The Labute approximate surface area is 154 Å². The van der Waals surface area contributed by atoms with Crippen molar-refractivity contribution in [1.82, 2.24) is 4.90 Å². The molecule has 3 rings (SSSR count). The van der Waals surface area contributed by atoms with Crippen molar-refractivity contribution in [3.8, 4) is 0 Å². The molecule has 0 amide bonds. The van der Waals surface area contributed by atoms with Crippen LogP contribution in [0.5, 0.6) is 0 Å². The van der Waals surface area contributed by atoms with Gasteiger partial charge in [0.2, 0.25) is 5.78 Å². The monoisotopic (exact) mass is 349 g/mol. The summed E-state index contributed by atoms with van der Waals surface area (Å²) >= 11 is 0. The smallest absolute Gasteiger partial charge is 0.209 e. The van der Waals surface area contributed by atoms with E-state index >= 15 is 0 Å². The minimum Gasteiger partial charge on any atom is -0.378 e. The summed E-state index contributed by atoms with van der Waals surface area (Å²) in [7, 11) is 0. The maximum absolute atomic E-state index is 13.1. The Bertz CT molecular complexity index is 813. The number of Topliss-reactive ketones (excluding diaryl/α,β-unsaturated/α-hetero) is 1. The van der Waals surface area contributed by atoms with Crippen LogP contribution in [0.1, 0.15) is 31.8 Å². The third kappa shape index (κ3) is 4.27. The van der Waals surface area contributed by atoms with Gasteiger partial charge in [0, 0.05) is 30.3 Å². The molecule has 0 aromatic heterocycles. The van der Waals surface area contributed by atoms with Gasteiger partial charge in [0.05, 0.1) is 18.9 Å². The molecule has 1 aliphatic rings. The maximum atomic E-state index is 13.1. The van der Waals surface area contributed by atoms with Gasteiger partial charge in [0.15, 0.2) is 5.78 Å². The van der Waals surface area contributed by atoms with Crippen molar-refractivity contribution in [1.29, 1.82) is 0 Å². The van der Waals surface area contributed by atoms with Crippen LogP contribution in [-0.4, -0.2) is 42.8 Å². The first-order chi connectivity index (χ1) is 12.5. The van der Waals surface area contributed by atoms with Crippen LogP contribution in [0.4, 0.5) is 0 Å². The second kappa shape index (κ2) is 8.11. The number of hydrogen-bond acceptors (Lipinski definition) is 4. The van der Waals surface area contributed by atoms with Crippen LogP contribution in [0.2, 0.25) is 0 Å². The van der Waals surface area contributed by atoms with Gasteiger partial charge in [0.1, 0.15) is 0 Å². The standard InChI is InChI=1S/C22H23NO3/c1-16-3-7-18(8-4-16)21(24)15-20(23-11-13-26-14-12-23)22(25)19-9-5-17(2)6-10-19/h3-10,15H,11-14H2,1-2H3. The van der Waals surface area contributed by atoms with Crippen molar-refractivity contribution >= 4 is 11.6 Å². The zero-order valence-corrected chi connectivity index (χ0v) is 15.2. The summed E-state index contributed by atoms with van der Waals surface area (Å²) in [6.07, 6.45) is 1.47. The molecular formula is C22H23NO3. The summed E-state index contributed by atoms with van der Waals surface area (Å²) in [4.78, 5) is 27.7. The van der Waals surface area contributed by atoms with Gasteiger partial charge in [-0.15, -0.1) is 0 Å². The number of carbonyl (C=O) groups is 2. The summed E-state index contributed by atoms with van der Waals surface area (Å²) in [5.41, 5.74) is 3.79. The Morgan fingerprint density at radius 3 is 1.88 bits per heavy atom. The van der Waals surface area contributed by atoms with Gasteiger partial charge in [0.25, 0.3) is 0 Å². The molecule has 1 aliphatic heterocycles. The molecule has 0 atom stereocenters. The van der Waals surface area contributed by atoms with E-state index < -0.39 is 0 Å². The van der Waals surface area contributed by atoms with Crippen molar-refractivity contribution in [3.05, 3.63) is 82.6 Å². The van der Waals surface area contributed by atoms with E-state index in [1.807, 2.05) is 55.1 Å². The number of morpholine rings is 1. The summed E-state index contributed by atoms with van der Waals surface area (Å²) < 4.78 is 5.39. The van der Waals surface area contributed by atoms with Crippen molar-refractivity contribution in [2.45, 2.75) is 13.8 Å². The highest BCUT2D eigenvalue weighted by Gasteiger charge is 2.22. The van der Waals surface area contributed by atoms with Gasteiger partial charge in [-0.3, -0.25) is 9.59 Å². The number of allylic oxidation sites excluding steroid dienone is 2. The third-order valence-electron chi connectivity index (χ3n) is 4.50. The van der Waals surface area contributed by atoms with E-state index in [0.717, 1.165) is 11.1 Å². The third-order valence-corrected chi connectivity index (χ3v) is 4.50. The molecule has 1 heterocycles. The normalized spacial score (nSPS) is 15.0. The van der Waals surface area contributed by atoms with E-state index in [1.165, 1.54) is 6.08 Å². The predicted molar refractivity (Wildman–Crippen MR) is 101 cm³/mol. The SMILES string of the molecule is Cc1ccc(C(=O)C=C(C(=O)c2ccc(C)cc2)N2CCOCC2)cc1. The quantitative estimate of drug-likeness (QED) is 0.611. The molecule has 0 saturated carbocycles. The summed E-state index contributed by atoms with van der Waals surface area (Å²) in [6, 6.07) is 14.8. The van der Waals surface area contributed by atoms with Crippen LogP contribution in [0.25, 0.3) is 0 Å². The lowest BCUT2D eigenvalue weighted by molar-refractivity contribution is 0.0504. The lowest BCUT2D eigenvalue weighted by atomic mass is 10.0. The average Bonchev–Trinajstić information content (AvgIpc) is 2.67. The molecule has 4 heteroatoms. The minimum atomic E-state index is -0.160. The number of nitrogens with zero attached hydrogens (tertiary/aromatic N) is 1. The first kappa shape index (κ1) is 18.1. The molecule has 26 heavy (non-hydrogen) atoms. The van der Waals surface area contributed by atoms with E-state index in [-0.39, 0.29) is 11.6 Å². The number of rotatable bonds is 5. The maximum Gasteiger partial charge on any atom is 0.209 e. The van der Waals surface area contributed by atoms with E-state index in [2.05, 4.69) is 0 Å². The Balaban J connectivity index is 1.94. The van der Waals surface area contributed by atoms with Crippen molar-refractivity contribution < 1.29 is 14.3 Å². The second-order valence-electron chi connectivity index (χ2n) is 6.55. The van der Waals surface area contributed by atoms with Crippen LogP contribution in [0.3, 0.4) is 0 Å². The Kier molecular flexibility index (Phi) is 5.64.